The maximum Gasteiger partial charge on any atom is 0.121 e. The molecule has 0 amide bonds. The average molecular weight is 321 g/mol. The van der Waals surface area contributed by atoms with E-state index in [1.165, 1.54) is 5.56 Å². The van der Waals surface area contributed by atoms with Crippen LogP contribution in [-0.4, -0.2) is 22.5 Å². The van der Waals surface area contributed by atoms with Gasteiger partial charge < -0.3 is 9.30 Å². The van der Waals surface area contributed by atoms with Gasteiger partial charge in [-0.15, -0.1) is 11.6 Å². The fourth-order valence-corrected chi connectivity index (χ4v) is 3.36. The van der Waals surface area contributed by atoms with Crippen LogP contribution < -0.4 is 4.74 Å². The number of alkyl halides is 1. The molecule has 2 aromatic heterocycles. The Morgan fingerprint density at radius 1 is 1.29 bits per heavy atom. The van der Waals surface area contributed by atoms with E-state index in [9.17, 15) is 0 Å². The van der Waals surface area contributed by atoms with E-state index in [1.807, 2.05) is 12.1 Å². The summed E-state index contributed by atoms with van der Waals surface area (Å²) in [5.41, 5.74) is 3.48. The number of hydrogen-bond donors (Lipinski definition) is 0. The SMILES string of the molecule is COc1ccc2c(c1)nc(CCCl)n2CCc1ccsc1. The number of rotatable bonds is 6. The Balaban J connectivity index is 1.95. The number of fused-ring (bicyclic) bond motifs is 1. The Bertz CT molecular complexity index is 721. The summed E-state index contributed by atoms with van der Waals surface area (Å²) in [5.74, 6) is 2.46. The molecule has 0 fully saturated rings. The van der Waals surface area contributed by atoms with Crippen molar-refractivity contribution in [3.8, 4) is 5.75 Å². The van der Waals surface area contributed by atoms with Crippen LogP contribution in [0.5, 0.6) is 5.75 Å². The van der Waals surface area contributed by atoms with Crippen molar-refractivity contribution in [3.63, 3.8) is 0 Å². The molecule has 3 rings (SSSR count). The van der Waals surface area contributed by atoms with E-state index in [0.29, 0.717) is 5.88 Å². The molecule has 3 aromatic rings. The van der Waals surface area contributed by atoms with E-state index in [1.54, 1.807) is 18.4 Å². The molecule has 0 N–H and O–H groups in total. The van der Waals surface area contributed by atoms with Crippen LogP contribution in [0, 0.1) is 0 Å². The zero-order chi connectivity index (χ0) is 14.7. The first-order valence-electron chi connectivity index (χ1n) is 6.92. The van der Waals surface area contributed by atoms with Crippen LogP contribution in [0.1, 0.15) is 11.4 Å². The largest absolute Gasteiger partial charge is 0.497 e. The van der Waals surface area contributed by atoms with Gasteiger partial charge in [0.2, 0.25) is 0 Å². The quantitative estimate of drug-likeness (QED) is 0.638. The smallest absolute Gasteiger partial charge is 0.121 e. The summed E-state index contributed by atoms with van der Waals surface area (Å²) in [6, 6.07) is 8.21. The van der Waals surface area contributed by atoms with Gasteiger partial charge in [0.1, 0.15) is 11.6 Å². The molecule has 0 radical (unpaired) electrons. The molecule has 5 heteroatoms. The lowest BCUT2D eigenvalue weighted by Crippen LogP contribution is -2.06. The first kappa shape index (κ1) is 14.4. The minimum Gasteiger partial charge on any atom is -0.497 e. The summed E-state index contributed by atoms with van der Waals surface area (Å²) in [5, 5.41) is 4.31. The second-order valence-electron chi connectivity index (χ2n) is 4.85. The predicted molar refractivity (Wildman–Crippen MR) is 88.7 cm³/mol. The number of imidazole rings is 1. The summed E-state index contributed by atoms with van der Waals surface area (Å²) < 4.78 is 7.55. The van der Waals surface area contributed by atoms with Gasteiger partial charge in [0.05, 0.1) is 18.1 Å². The van der Waals surface area contributed by atoms with Gasteiger partial charge >= 0.3 is 0 Å². The summed E-state index contributed by atoms with van der Waals surface area (Å²) in [6.45, 7) is 0.922. The van der Waals surface area contributed by atoms with Gasteiger partial charge in [0.25, 0.3) is 0 Å². The third-order valence-corrected chi connectivity index (χ3v) is 4.48. The van der Waals surface area contributed by atoms with E-state index >= 15 is 0 Å². The van der Waals surface area contributed by atoms with Crippen molar-refractivity contribution in [2.45, 2.75) is 19.4 Å². The third kappa shape index (κ3) is 3.06. The van der Waals surface area contributed by atoms with Crippen LogP contribution in [0.25, 0.3) is 11.0 Å². The van der Waals surface area contributed by atoms with Gasteiger partial charge in [-0.25, -0.2) is 4.98 Å². The van der Waals surface area contributed by atoms with Crippen molar-refractivity contribution in [2.75, 3.05) is 13.0 Å². The number of hydrogen-bond acceptors (Lipinski definition) is 3. The molecular formula is C16H17ClN2OS. The normalized spacial score (nSPS) is 11.1. The van der Waals surface area contributed by atoms with Gasteiger partial charge in [-0.3, -0.25) is 0 Å². The van der Waals surface area contributed by atoms with Gasteiger partial charge in [0, 0.05) is 24.9 Å². The number of methoxy groups -OCH3 is 1. The Hall–Kier alpha value is -1.52. The highest BCUT2D eigenvalue weighted by atomic mass is 35.5. The van der Waals surface area contributed by atoms with Crippen molar-refractivity contribution in [2.24, 2.45) is 0 Å². The van der Waals surface area contributed by atoms with Gasteiger partial charge in [-0.2, -0.15) is 11.3 Å². The number of aromatic nitrogens is 2. The Kier molecular flexibility index (Phi) is 4.46. The zero-order valence-electron chi connectivity index (χ0n) is 11.9. The lowest BCUT2D eigenvalue weighted by Gasteiger charge is -2.08. The van der Waals surface area contributed by atoms with Crippen LogP contribution in [-0.2, 0) is 19.4 Å². The third-order valence-electron chi connectivity index (χ3n) is 3.56. The Labute approximate surface area is 133 Å². The number of ether oxygens (including phenoxy) is 1. The van der Waals surface area contributed by atoms with Crippen LogP contribution in [0.15, 0.2) is 35.0 Å². The van der Waals surface area contributed by atoms with E-state index < -0.39 is 0 Å². The summed E-state index contributed by atoms with van der Waals surface area (Å²) >= 11 is 7.65. The Morgan fingerprint density at radius 3 is 2.90 bits per heavy atom. The van der Waals surface area contributed by atoms with Crippen molar-refractivity contribution in [1.82, 2.24) is 9.55 Å². The highest BCUT2D eigenvalue weighted by Gasteiger charge is 2.11. The highest BCUT2D eigenvalue weighted by Crippen LogP contribution is 2.23. The van der Waals surface area contributed by atoms with Crippen molar-refractivity contribution < 1.29 is 4.74 Å². The van der Waals surface area contributed by atoms with Crippen molar-refractivity contribution in [3.05, 3.63) is 46.4 Å². The zero-order valence-corrected chi connectivity index (χ0v) is 13.5. The number of aryl methyl sites for hydroxylation is 3. The fraction of sp³-hybridized carbons (Fsp3) is 0.312. The second kappa shape index (κ2) is 6.50. The van der Waals surface area contributed by atoms with Crippen molar-refractivity contribution in [1.29, 1.82) is 0 Å². The predicted octanol–water partition coefficient (Wildman–Crippen LogP) is 4.13. The molecule has 0 spiro atoms. The summed E-state index contributed by atoms with van der Waals surface area (Å²) in [6.07, 6.45) is 1.79. The lowest BCUT2D eigenvalue weighted by molar-refractivity contribution is 0.415. The van der Waals surface area contributed by atoms with Gasteiger partial charge in [-0.05, 0) is 40.9 Å². The fourth-order valence-electron chi connectivity index (χ4n) is 2.49. The number of thiophene rings is 1. The minimum atomic E-state index is 0.582. The summed E-state index contributed by atoms with van der Waals surface area (Å²) in [4.78, 5) is 4.71. The van der Waals surface area contributed by atoms with Crippen LogP contribution in [0.4, 0.5) is 0 Å². The van der Waals surface area contributed by atoms with Crippen LogP contribution >= 0.6 is 22.9 Å². The molecule has 0 aliphatic carbocycles. The lowest BCUT2D eigenvalue weighted by atomic mass is 10.2. The first-order chi connectivity index (χ1) is 10.3. The number of benzene rings is 1. The van der Waals surface area contributed by atoms with Crippen LogP contribution in [0.2, 0.25) is 0 Å². The molecular weight excluding hydrogens is 304 g/mol. The van der Waals surface area contributed by atoms with E-state index in [-0.39, 0.29) is 0 Å². The van der Waals surface area contributed by atoms with E-state index in [0.717, 1.165) is 42.0 Å². The maximum absolute atomic E-state index is 5.92. The Morgan fingerprint density at radius 2 is 2.19 bits per heavy atom. The molecule has 0 bridgehead atoms. The van der Waals surface area contributed by atoms with Crippen molar-refractivity contribution >= 4 is 34.0 Å². The molecule has 0 unspecified atom stereocenters. The second-order valence-corrected chi connectivity index (χ2v) is 6.01. The molecule has 0 saturated heterocycles. The molecule has 3 nitrogen and oxygen atoms in total. The molecule has 0 atom stereocenters. The van der Waals surface area contributed by atoms with E-state index in [2.05, 4.69) is 27.5 Å². The highest BCUT2D eigenvalue weighted by molar-refractivity contribution is 7.07. The first-order valence-corrected chi connectivity index (χ1v) is 8.39. The monoisotopic (exact) mass is 320 g/mol. The summed E-state index contributed by atoms with van der Waals surface area (Å²) in [7, 11) is 1.68. The molecule has 0 aliphatic heterocycles. The molecule has 1 aromatic carbocycles. The molecule has 0 aliphatic rings. The number of nitrogens with zero attached hydrogens (tertiary/aromatic N) is 2. The molecule has 21 heavy (non-hydrogen) atoms. The van der Waals surface area contributed by atoms with Crippen LogP contribution in [0.3, 0.4) is 0 Å². The standard InChI is InChI=1S/C16H17ClN2OS/c1-20-13-2-3-15-14(10-13)18-16(4-7-17)19(15)8-5-12-6-9-21-11-12/h2-3,6,9-11H,4-5,7-8H2,1H3. The van der Waals surface area contributed by atoms with Gasteiger partial charge in [0.15, 0.2) is 0 Å². The average Bonchev–Trinajstić information content (AvgIpc) is 3.12. The maximum atomic E-state index is 5.92. The molecule has 0 saturated carbocycles. The van der Waals surface area contributed by atoms with Gasteiger partial charge in [-0.1, -0.05) is 0 Å². The van der Waals surface area contributed by atoms with E-state index in [4.69, 9.17) is 21.3 Å². The number of halogens is 1. The molecule has 2 heterocycles. The minimum absolute atomic E-state index is 0.582. The topological polar surface area (TPSA) is 27.1 Å². The molecule has 110 valence electrons.